The van der Waals surface area contributed by atoms with Crippen molar-refractivity contribution in [2.24, 2.45) is 5.92 Å². The highest BCUT2D eigenvalue weighted by atomic mass is 32.2. The maximum absolute atomic E-state index is 12.2. The minimum absolute atomic E-state index is 0.0329. The van der Waals surface area contributed by atoms with E-state index in [9.17, 15) is 18.3 Å². The largest absolute Gasteiger partial charge is 0.391 e. The van der Waals surface area contributed by atoms with Crippen molar-refractivity contribution in [1.82, 2.24) is 9.62 Å². The monoisotopic (exact) mass is 318 g/mol. The first kappa shape index (κ1) is 16.7. The molecule has 7 heteroatoms. The zero-order chi connectivity index (χ0) is 15.5. The lowest BCUT2D eigenvalue weighted by Gasteiger charge is -2.33. The van der Waals surface area contributed by atoms with E-state index in [1.54, 1.807) is 6.92 Å². The number of rotatable bonds is 4. The van der Waals surface area contributed by atoms with Crippen molar-refractivity contribution in [3.8, 4) is 0 Å². The third-order valence-corrected chi connectivity index (χ3v) is 6.52. The number of amides is 1. The molecule has 0 bridgehead atoms. The Morgan fingerprint density at radius 1 is 1.19 bits per heavy atom. The number of nitrogens with zero attached hydrogens (tertiary/aromatic N) is 1. The molecule has 0 spiro atoms. The van der Waals surface area contributed by atoms with Gasteiger partial charge in [-0.15, -0.1) is 0 Å². The van der Waals surface area contributed by atoms with E-state index in [2.05, 4.69) is 5.32 Å². The second kappa shape index (κ2) is 7.07. The fourth-order valence-corrected chi connectivity index (χ4v) is 4.29. The summed E-state index contributed by atoms with van der Waals surface area (Å²) in [5, 5.41) is 12.8. The van der Waals surface area contributed by atoms with Gasteiger partial charge in [-0.2, -0.15) is 0 Å². The van der Waals surface area contributed by atoms with Crippen LogP contribution in [-0.2, 0) is 14.8 Å². The Kier molecular flexibility index (Phi) is 5.62. The number of sulfonamides is 1. The van der Waals surface area contributed by atoms with Crippen LogP contribution in [-0.4, -0.2) is 54.7 Å². The van der Waals surface area contributed by atoms with E-state index in [0.29, 0.717) is 25.9 Å². The van der Waals surface area contributed by atoms with Gasteiger partial charge in [-0.3, -0.25) is 4.79 Å². The molecule has 2 aliphatic rings. The molecule has 0 aromatic heterocycles. The minimum Gasteiger partial charge on any atom is -0.391 e. The van der Waals surface area contributed by atoms with Gasteiger partial charge in [0.25, 0.3) is 0 Å². The zero-order valence-electron chi connectivity index (χ0n) is 12.6. The van der Waals surface area contributed by atoms with Crippen molar-refractivity contribution >= 4 is 15.9 Å². The van der Waals surface area contributed by atoms with Crippen LogP contribution in [0.3, 0.4) is 0 Å². The van der Waals surface area contributed by atoms with Gasteiger partial charge in [0, 0.05) is 19.0 Å². The van der Waals surface area contributed by atoms with Crippen molar-refractivity contribution in [3.63, 3.8) is 0 Å². The molecule has 0 aromatic carbocycles. The van der Waals surface area contributed by atoms with E-state index >= 15 is 0 Å². The number of carbonyl (C=O) groups excluding carboxylic acids is 1. The van der Waals surface area contributed by atoms with Crippen LogP contribution < -0.4 is 5.32 Å². The molecule has 122 valence electrons. The van der Waals surface area contributed by atoms with Gasteiger partial charge in [0.2, 0.25) is 15.9 Å². The van der Waals surface area contributed by atoms with Crippen LogP contribution in [0.25, 0.3) is 0 Å². The summed E-state index contributed by atoms with van der Waals surface area (Å²) in [5.74, 6) is -0.0603. The average molecular weight is 318 g/mol. The molecule has 21 heavy (non-hydrogen) atoms. The van der Waals surface area contributed by atoms with Gasteiger partial charge in [0.05, 0.1) is 17.9 Å². The molecule has 0 aromatic rings. The number of hydrogen-bond acceptors (Lipinski definition) is 4. The van der Waals surface area contributed by atoms with Gasteiger partial charge in [0.1, 0.15) is 0 Å². The smallest absolute Gasteiger partial charge is 0.223 e. The third kappa shape index (κ3) is 4.17. The van der Waals surface area contributed by atoms with Gasteiger partial charge < -0.3 is 10.4 Å². The number of carbonyl (C=O) groups is 1. The maximum atomic E-state index is 12.2. The Labute approximate surface area is 126 Å². The second-order valence-electron chi connectivity index (χ2n) is 6.04. The fraction of sp³-hybridized carbons (Fsp3) is 0.929. The number of nitrogens with one attached hydrogen (secondary N) is 1. The summed E-state index contributed by atoms with van der Waals surface area (Å²) in [6.45, 7) is 2.47. The van der Waals surface area contributed by atoms with Crippen molar-refractivity contribution in [2.75, 3.05) is 18.8 Å². The average Bonchev–Trinajstić information content (AvgIpc) is 2.49. The molecule has 2 rings (SSSR count). The first-order valence-corrected chi connectivity index (χ1v) is 9.51. The van der Waals surface area contributed by atoms with Crippen molar-refractivity contribution in [1.29, 1.82) is 0 Å². The zero-order valence-corrected chi connectivity index (χ0v) is 13.4. The normalized spacial score (nSPS) is 29.2. The summed E-state index contributed by atoms with van der Waals surface area (Å²) in [5.41, 5.74) is 0. The second-order valence-corrected chi connectivity index (χ2v) is 8.30. The Balaban J connectivity index is 1.83. The van der Waals surface area contributed by atoms with E-state index in [4.69, 9.17) is 0 Å². The van der Waals surface area contributed by atoms with Crippen LogP contribution in [0.1, 0.15) is 45.4 Å². The van der Waals surface area contributed by atoms with Crippen LogP contribution in [0, 0.1) is 5.92 Å². The molecule has 1 saturated heterocycles. The molecule has 1 heterocycles. The molecule has 1 aliphatic carbocycles. The van der Waals surface area contributed by atoms with Crippen LogP contribution >= 0.6 is 0 Å². The number of hydrogen-bond donors (Lipinski definition) is 2. The van der Waals surface area contributed by atoms with Gasteiger partial charge >= 0.3 is 0 Å². The van der Waals surface area contributed by atoms with Gasteiger partial charge in [-0.1, -0.05) is 12.8 Å². The van der Waals surface area contributed by atoms with Crippen LogP contribution in [0.4, 0.5) is 0 Å². The molecule has 0 unspecified atom stereocenters. The van der Waals surface area contributed by atoms with Crippen molar-refractivity contribution in [3.05, 3.63) is 0 Å². The Morgan fingerprint density at radius 2 is 1.81 bits per heavy atom. The lowest BCUT2D eigenvalue weighted by molar-refractivity contribution is -0.128. The third-order valence-electron chi connectivity index (χ3n) is 4.64. The molecule has 2 N–H and O–H groups in total. The standard InChI is InChI=1S/C14H26N2O4S/c1-2-21(19,20)16-9-7-11(8-10-16)14(18)15-12-5-3-4-6-13(12)17/h11-13,17H,2-10H2,1H3,(H,15,18)/t12-,13-/m0/s1. The Bertz CT molecular complexity index is 458. The highest BCUT2D eigenvalue weighted by molar-refractivity contribution is 7.89. The molecule has 0 radical (unpaired) electrons. The minimum atomic E-state index is -3.14. The number of aliphatic hydroxyl groups excluding tert-OH is 1. The summed E-state index contributed by atoms with van der Waals surface area (Å²) in [7, 11) is -3.14. The topological polar surface area (TPSA) is 86.7 Å². The summed E-state index contributed by atoms with van der Waals surface area (Å²) >= 11 is 0. The fourth-order valence-electron chi connectivity index (χ4n) is 3.16. The maximum Gasteiger partial charge on any atom is 0.223 e. The Morgan fingerprint density at radius 3 is 2.38 bits per heavy atom. The SMILES string of the molecule is CCS(=O)(=O)N1CCC(C(=O)N[C@H]2CCCC[C@@H]2O)CC1. The van der Waals surface area contributed by atoms with E-state index in [1.807, 2.05) is 0 Å². The first-order valence-electron chi connectivity index (χ1n) is 7.90. The van der Waals surface area contributed by atoms with Crippen LogP contribution in [0.5, 0.6) is 0 Å². The molecule has 6 nitrogen and oxygen atoms in total. The highest BCUT2D eigenvalue weighted by Gasteiger charge is 2.32. The van der Waals surface area contributed by atoms with Crippen LogP contribution in [0.2, 0.25) is 0 Å². The van der Waals surface area contributed by atoms with Crippen LogP contribution in [0.15, 0.2) is 0 Å². The quantitative estimate of drug-likeness (QED) is 0.789. The molecule has 1 saturated carbocycles. The van der Waals surface area contributed by atoms with Gasteiger partial charge in [-0.25, -0.2) is 12.7 Å². The van der Waals surface area contributed by atoms with E-state index in [1.165, 1.54) is 4.31 Å². The predicted octanol–water partition coefficient (Wildman–Crippen LogP) is 0.468. The highest BCUT2D eigenvalue weighted by Crippen LogP contribution is 2.22. The first-order chi connectivity index (χ1) is 9.94. The number of aliphatic hydroxyl groups is 1. The van der Waals surface area contributed by atoms with E-state index in [-0.39, 0.29) is 23.6 Å². The molecular formula is C14H26N2O4S. The molecule has 1 aliphatic heterocycles. The molecule has 2 fully saturated rings. The van der Waals surface area contributed by atoms with E-state index in [0.717, 1.165) is 25.7 Å². The summed E-state index contributed by atoms with van der Waals surface area (Å²) < 4.78 is 25.0. The van der Waals surface area contributed by atoms with Gasteiger partial charge in [0.15, 0.2) is 0 Å². The lowest BCUT2D eigenvalue weighted by Crippen LogP contribution is -2.49. The summed E-state index contributed by atoms with van der Waals surface area (Å²) in [6.07, 6.45) is 4.31. The molecular weight excluding hydrogens is 292 g/mol. The Hall–Kier alpha value is -0.660. The lowest BCUT2D eigenvalue weighted by atomic mass is 9.91. The van der Waals surface area contributed by atoms with Crippen molar-refractivity contribution in [2.45, 2.75) is 57.6 Å². The van der Waals surface area contributed by atoms with E-state index < -0.39 is 16.1 Å². The molecule has 2 atom stereocenters. The molecule has 1 amide bonds. The predicted molar refractivity (Wildman–Crippen MR) is 80.2 cm³/mol. The van der Waals surface area contributed by atoms with Crippen molar-refractivity contribution < 1.29 is 18.3 Å². The summed E-state index contributed by atoms with van der Waals surface area (Å²) in [4.78, 5) is 12.2. The summed E-state index contributed by atoms with van der Waals surface area (Å²) in [6, 6.07) is -0.136. The number of piperidine rings is 1. The van der Waals surface area contributed by atoms with Gasteiger partial charge in [-0.05, 0) is 32.6 Å².